The minimum absolute atomic E-state index is 0.0165. The average Bonchev–Trinajstić information content (AvgIpc) is 3.30. The van der Waals surface area contributed by atoms with E-state index in [-0.39, 0.29) is 45.4 Å². The Morgan fingerprint density at radius 3 is 1.93 bits per heavy atom. The van der Waals surface area contributed by atoms with Gasteiger partial charge in [-0.3, -0.25) is 4.79 Å². The van der Waals surface area contributed by atoms with E-state index in [1.807, 2.05) is 6.92 Å². The quantitative estimate of drug-likeness (QED) is 0.0884. The van der Waals surface area contributed by atoms with Gasteiger partial charge in [0.05, 0.1) is 44.6 Å². The Balaban J connectivity index is 1.07. The maximum Gasteiger partial charge on any atom is 0.337 e. The zero-order valence-corrected chi connectivity index (χ0v) is 41.8. The maximum atomic E-state index is 13.2. The second-order valence-corrected chi connectivity index (χ2v) is 23.8. The van der Waals surface area contributed by atoms with Gasteiger partial charge in [-0.05, 0) is 111 Å². The first-order valence-electron chi connectivity index (χ1n) is 25.0. The normalized spacial score (nSPS) is 53.9. The Kier molecular flexibility index (Phi) is 14.5. The number of methoxy groups -OCH3 is 2. The van der Waals surface area contributed by atoms with Gasteiger partial charge in [0.1, 0.15) is 61.0 Å². The second-order valence-electron chi connectivity index (χ2n) is 23.8. The van der Waals surface area contributed by atoms with Crippen LogP contribution in [0.15, 0.2) is 11.6 Å². The molecule has 5 aliphatic carbocycles. The van der Waals surface area contributed by atoms with Crippen LogP contribution in [0.2, 0.25) is 0 Å². The number of esters is 2. The molecule has 0 aromatic heterocycles. The standard InChI is InChI=1S/C50H80O19/c1-22-30(53)32(55)36(59)41(64-22)68-38-33(56)31(54)25(21-51)65-42(38)69-39-35(58)34(57)37(40(60)62-9)67-43(39)66-29-14-15-48(6)26(45(29,2)3)13-16-50(8)27(48)12-11-23-24-19-46(4,44(61)63-10)20-28(52)47(24,5)17-18-49(23,50)7/h11,22,24-39,41-43,51-59H,12-21H2,1-10H3/t22-,24-,25+,26-,27+,28+,29-,30-,31-,32+,33-,34-,35-,36+,37-,38+,39+,41-,42-,43+,46-,47+,48-,49+,50+/m0/s1. The van der Waals surface area contributed by atoms with Crippen LogP contribution >= 0.6 is 0 Å². The first-order chi connectivity index (χ1) is 32.2. The highest BCUT2D eigenvalue weighted by atomic mass is 16.8. The van der Waals surface area contributed by atoms with Gasteiger partial charge < -0.3 is 83.9 Å². The number of hydrogen-bond donors (Lipinski definition) is 9. The summed E-state index contributed by atoms with van der Waals surface area (Å²) in [4.78, 5) is 26.3. The number of allylic oxidation sites excluding steroid dienone is 2. The summed E-state index contributed by atoms with van der Waals surface area (Å²) in [5, 5.41) is 98.9. The molecular weight excluding hydrogens is 905 g/mol. The fourth-order valence-corrected chi connectivity index (χ4v) is 15.4. The van der Waals surface area contributed by atoms with E-state index < -0.39 is 128 Å². The first kappa shape index (κ1) is 53.4. The fraction of sp³-hybridized carbons (Fsp3) is 0.920. The molecule has 9 N–H and O–H groups in total. The summed E-state index contributed by atoms with van der Waals surface area (Å²) in [6.07, 6.45) is -17.3. The average molecular weight is 985 g/mol. The van der Waals surface area contributed by atoms with Crippen LogP contribution in [0.4, 0.5) is 0 Å². The van der Waals surface area contributed by atoms with Gasteiger partial charge in [-0.25, -0.2) is 4.79 Å². The molecule has 8 rings (SSSR count). The summed E-state index contributed by atoms with van der Waals surface area (Å²) in [5.74, 6) is -0.870. The van der Waals surface area contributed by atoms with E-state index in [1.54, 1.807) is 0 Å². The van der Waals surface area contributed by atoms with Crippen LogP contribution in [0.3, 0.4) is 0 Å². The number of carbonyl (C=O) groups is 2. The van der Waals surface area contributed by atoms with Gasteiger partial charge in [0, 0.05) is 5.41 Å². The topological polar surface area (TPSA) is 290 Å². The van der Waals surface area contributed by atoms with E-state index in [4.69, 9.17) is 37.9 Å². The molecule has 3 heterocycles. The molecule has 19 heteroatoms. The molecule has 3 aliphatic heterocycles. The Morgan fingerprint density at radius 2 is 1.29 bits per heavy atom. The van der Waals surface area contributed by atoms with Gasteiger partial charge in [0.2, 0.25) is 0 Å². The summed E-state index contributed by atoms with van der Waals surface area (Å²) in [5.41, 5.74) is -0.841. The molecule has 0 amide bonds. The van der Waals surface area contributed by atoms with Crippen LogP contribution in [0.1, 0.15) is 113 Å². The zero-order valence-electron chi connectivity index (χ0n) is 41.8. The Labute approximate surface area is 404 Å². The van der Waals surface area contributed by atoms with Crippen LogP contribution in [0.25, 0.3) is 0 Å². The summed E-state index contributed by atoms with van der Waals surface area (Å²) < 4.78 is 47.1. The number of hydrogen-bond acceptors (Lipinski definition) is 19. The van der Waals surface area contributed by atoms with Gasteiger partial charge in [-0.2, -0.15) is 0 Å². The van der Waals surface area contributed by atoms with Crippen molar-refractivity contribution in [3.05, 3.63) is 11.6 Å². The molecule has 0 aromatic carbocycles. The molecule has 0 unspecified atom stereocenters. The molecule has 4 saturated carbocycles. The summed E-state index contributed by atoms with van der Waals surface area (Å²) in [6, 6.07) is 0. The van der Waals surface area contributed by atoms with Crippen LogP contribution in [0.5, 0.6) is 0 Å². The van der Waals surface area contributed by atoms with E-state index in [1.165, 1.54) is 19.6 Å². The Morgan fingerprint density at radius 1 is 0.652 bits per heavy atom. The lowest BCUT2D eigenvalue weighted by Crippen LogP contribution is -2.68. The number of rotatable bonds is 9. The first-order valence-corrected chi connectivity index (χ1v) is 25.0. The van der Waals surface area contributed by atoms with Crippen molar-refractivity contribution in [3.8, 4) is 0 Å². The van der Waals surface area contributed by atoms with Crippen molar-refractivity contribution in [2.75, 3.05) is 20.8 Å². The highest BCUT2D eigenvalue weighted by Crippen LogP contribution is 2.76. The van der Waals surface area contributed by atoms with E-state index >= 15 is 0 Å². The summed E-state index contributed by atoms with van der Waals surface area (Å²) >= 11 is 0. The largest absolute Gasteiger partial charge is 0.469 e. The third kappa shape index (κ3) is 8.28. The van der Waals surface area contributed by atoms with Crippen LogP contribution in [0, 0.1) is 50.2 Å². The minimum atomic E-state index is -1.91. The molecule has 3 saturated heterocycles. The third-order valence-corrected chi connectivity index (χ3v) is 20.0. The lowest BCUT2D eigenvalue weighted by atomic mass is 9.33. The van der Waals surface area contributed by atoms with E-state index in [0.29, 0.717) is 19.3 Å². The second kappa shape index (κ2) is 18.8. The van der Waals surface area contributed by atoms with E-state index in [0.717, 1.165) is 45.6 Å². The van der Waals surface area contributed by atoms with Crippen molar-refractivity contribution in [2.45, 2.75) is 218 Å². The van der Waals surface area contributed by atoms with E-state index in [9.17, 15) is 55.5 Å². The van der Waals surface area contributed by atoms with Crippen molar-refractivity contribution in [3.63, 3.8) is 0 Å². The predicted octanol–water partition coefficient (Wildman–Crippen LogP) is 0.974. The lowest BCUT2D eigenvalue weighted by molar-refractivity contribution is -0.395. The van der Waals surface area contributed by atoms with Gasteiger partial charge in [0.15, 0.2) is 25.0 Å². The highest BCUT2D eigenvalue weighted by molar-refractivity contribution is 5.77. The number of carbonyl (C=O) groups excluding carboxylic acids is 2. The highest BCUT2D eigenvalue weighted by Gasteiger charge is 2.70. The van der Waals surface area contributed by atoms with Crippen LogP contribution < -0.4 is 0 Å². The number of aliphatic hydroxyl groups excluding tert-OH is 9. The maximum absolute atomic E-state index is 13.2. The van der Waals surface area contributed by atoms with Crippen molar-refractivity contribution in [1.82, 2.24) is 0 Å². The molecule has 19 nitrogen and oxygen atoms in total. The molecule has 0 spiro atoms. The Hall–Kier alpha value is -1.92. The number of aliphatic hydroxyl groups is 9. The molecule has 25 atom stereocenters. The van der Waals surface area contributed by atoms with Gasteiger partial charge in [0.25, 0.3) is 0 Å². The predicted molar refractivity (Wildman–Crippen MR) is 240 cm³/mol. The molecule has 8 aliphatic rings. The molecule has 0 bridgehead atoms. The van der Waals surface area contributed by atoms with E-state index in [2.05, 4.69) is 47.6 Å². The minimum Gasteiger partial charge on any atom is -0.469 e. The van der Waals surface area contributed by atoms with Gasteiger partial charge in [-0.15, -0.1) is 0 Å². The summed E-state index contributed by atoms with van der Waals surface area (Å²) in [6.45, 7) is 16.3. The SMILES string of the molecule is COC(=O)[C@H]1O[C@@H](O[C@H]2CC[C@]3(C)[C@H]4CC=C5[C@@H]6C[C@](C)(C(=O)OC)C[C@@H](O)[C@]6(C)CC[C@@]5(C)[C@]4(C)CC[C@H]3C2(C)C)[C@H](O[C@@H]2O[C@H](CO)[C@H](O)[C@H](O)[C@H]2O[C@@H]2O[C@@H](C)[C@H](O)[C@@H](O)[C@H]2O)[C@@H](O)[C@@H]1O. The molecule has 7 fully saturated rings. The smallest absolute Gasteiger partial charge is 0.337 e. The van der Waals surface area contributed by atoms with Gasteiger partial charge in [-0.1, -0.05) is 53.2 Å². The van der Waals surface area contributed by atoms with Crippen molar-refractivity contribution in [2.24, 2.45) is 50.2 Å². The van der Waals surface area contributed by atoms with Crippen molar-refractivity contribution < 1.29 is 93.4 Å². The fourth-order valence-electron chi connectivity index (χ4n) is 15.4. The van der Waals surface area contributed by atoms with Crippen molar-refractivity contribution in [1.29, 1.82) is 0 Å². The van der Waals surface area contributed by atoms with Crippen molar-refractivity contribution >= 4 is 11.9 Å². The molecule has 0 aromatic rings. The lowest BCUT2D eigenvalue weighted by Gasteiger charge is -2.71. The molecule has 0 radical (unpaired) electrons. The number of fused-ring (bicyclic) bond motifs is 7. The third-order valence-electron chi connectivity index (χ3n) is 20.0. The Bertz CT molecular complexity index is 1930. The summed E-state index contributed by atoms with van der Waals surface area (Å²) in [7, 11) is 2.52. The molecular formula is C50H80O19. The van der Waals surface area contributed by atoms with Crippen LogP contribution in [-0.4, -0.2) is 183 Å². The monoisotopic (exact) mass is 985 g/mol. The number of ether oxygens (including phenoxy) is 8. The zero-order chi connectivity index (χ0) is 50.7. The van der Waals surface area contributed by atoms with Crippen LogP contribution in [-0.2, 0) is 47.5 Å². The van der Waals surface area contributed by atoms with Gasteiger partial charge >= 0.3 is 11.9 Å². The molecule has 69 heavy (non-hydrogen) atoms. The molecule has 394 valence electrons.